The first-order valence-corrected chi connectivity index (χ1v) is 9.04. The Morgan fingerprint density at radius 1 is 1.35 bits per heavy atom. The van der Waals surface area contributed by atoms with Gasteiger partial charge in [-0.3, -0.25) is 9.89 Å². The van der Waals surface area contributed by atoms with E-state index in [1.165, 1.54) is 12.8 Å². The molecule has 0 spiro atoms. The van der Waals surface area contributed by atoms with Crippen LogP contribution in [0.25, 0.3) is 11.3 Å². The molecule has 1 amide bonds. The second-order valence-corrected chi connectivity index (χ2v) is 6.94. The molecule has 3 N–H and O–H groups in total. The van der Waals surface area contributed by atoms with Gasteiger partial charge in [-0.25, -0.2) is 0 Å². The first-order chi connectivity index (χ1) is 12.7. The Morgan fingerprint density at radius 2 is 2.19 bits per heavy atom. The fourth-order valence-corrected chi connectivity index (χ4v) is 3.11. The van der Waals surface area contributed by atoms with Crippen molar-refractivity contribution in [3.8, 4) is 17.0 Å². The number of para-hydroxylation sites is 1. The smallest absolute Gasteiger partial charge is 0.269 e. The highest BCUT2D eigenvalue weighted by atomic mass is 16.5. The fourth-order valence-electron chi connectivity index (χ4n) is 3.11. The van der Waals surface area contributed by atoms with E-state index in [0.717, 1.165) is 13.0 Å². The van der Waals surface area contributed by atoms with Gasteiger partial charge < -0.3 is 19.9 Å². The highest BCUT2D eigenvalue weighted by Gasteiger charge is 2.31. The van der Waals surface area contributed by atoms with E-state index in [0.29, 0.717) is 36.1 Å². The van der Waals surface area contributed by atoms with Gasteiger partial charge in [0, 0.05) is 18.8 Å². The van der Waals surface area contributed by atoms with Crippen LogP contribution in [0.2, 0.25) is 0 Å². The summed E-state index contributed by atoms with van der Waals surface area (Å²) in [6, 6.07) is 8.35. The van der Waals surface area contributed by atoms with Crippen LogP contribution >= 0.6 is 0 Å². The van der Waals surface area contributed by atoms with E-state index in [1.54, 1.807) is 24.3 Å². The molecule has 0 bridgehead atoms. The van der Waals surface area contributed by atoms with Gasteiger partial charge in [0.1, 0.15) is 11.4 Å². The molecule has 2 aromatic rings. The van der Waals surface area contributed by atoms with Crippen molar-refractivity contribution in [3.05, 3.63) is 36.0 Å². The lowest BCUT2D eigenvalue weighted by Crippen LogP contribution is -2.50. The van der Waals surface area contributed by atoms with Crippen molar-refractivity contribution in [2.75, 3.05) is 19.8 Å². The summed E-state index contributed by atoms with van der Waals surface area (Å²) in [6.07, 6.45) is 3.24. The van der Waals surface area contributed by atoms with Crippen LogP contribution in [-0.2, 0) is 9.47 Å². The lowest BCUT2D eigenvalue weighted by atomic mass is 10.1. The van der Waals surface area contributed by atoms with Gasteiger partial charge in [-0.05, 0) is 43.4 Å². The van der Waals surface area contributed by atoms with Crippen LogP contribution < -0.4 is 5.32 Å². The normalized spacial score (nSPS) is 22.9. The largest absolute Gasteiger partial charge is 0.507 e. The third kappa shape index (κ3) is 3.89. The molecule has 2 aliphatic rings. The lowest BCUT2D eigenvalue weighted by Gasteiger charge is -2.32. The molecule has 26 heavy (non-hydrogen) atoms. The SMILES string of the molecule is O=C(NC1COCCC1OCC1CC1)c1cc(-c2ccccc2O)n[nH]1. The number of amides is 1. The molecule has 1 aromatic heterocycles. The third-order valence-corrected chi connectivity index (χ3v) is 4.85. The number of carbonyl (C=O) groups excluding carboxylic acids is 1. The topological polar surface area (TPSA) is 96.5 Å². The van der Waals surface area contributed by atoms with Crippen molar-refractivity contribution in [2.24, 2.45) is 5.92 Å². The number of hydrogen-bond acceptors (Lipinski definition) is 5. The predicted octanol–water partition coefficient (Wildman–Crippen LogP) is 2.10. The van der Waals surface area contributed by atoms with E-state index in [2.05, 4.69) is 15.5 Å². The van der Waals surface area contributed by atoms with Crippen LogP contribution in [-0.4, -0.2) is 53.2 Å². The van der Waals surface area contributed by atoms with Crippen LogP contribution in [0.15, 0.2) is 30.3 Å². The van der Waals surface area contributed by atoms with Gasteiger partial charge in [0.2, 0.25) is 0 Å². The van der Waals surface area contributed by atoms with Gasteiger partial charge in [-0.1, -0.05) is 12.1 Å². The summed E-state index contributed by atoms with van der Waals surface area (Å²) in [5, 5.41) is 19.8. The van der Waals surface area contributed by atoms with Crippen molar-refractivity contribution in [1.82, 2.24) is 15.5 Å². The van der Waals surface area contributed by atoms with Crippen LogP contribution in [0.5, 0.6) is 5.75 Å². The number of rotatable bonds is 6. The molecule has 2 atom stereocenters. The van der Waals surface area contributed by atoms with Crippen molar-refractivity contribution in [2.45, 2.75) is 31.4 Å². The number of hydrogen-bond donors (Lipinski definition) is 3. The first kappa shape index (κ1) is 17.1. The molecular weight excluding hydrogens is 334 g/mol. The molecular formula is C19H23N3O4. The third-order valence-electron chi connectivity index (χ3n) is 4.85. The molecule has 4 rings (SSSR count). The molecule has 7 nitrogen and oxygen atoms in total. The number of phenolic OH excluding ortho intramolecular Hbond substituents is 1. The van der Waals surface area contributed by atoms with E-state index in [4.69, 9.17) is 9.47 Å². The molecule has 1 saturated heterocycles. The maximum absolute atomic E-state index is 12.6. The molecule has 2 fully saturated rings. The zero-order valence-corrected chi connectivity index (χ0v) is 14.5. The van der Waals surface area contributed by atoms with E-state index in [9.17, 15) is 9.90 Å². The van der Waals surface area contributed by atoms with Crippen molar-refractivity contribution in [3.63, 3.8) is 0 Å². The summed E-state index contributed by atoms with van der Waals surface area (Å²) in [5.74, 6) is 0.554. The number of H-pyrrole nitrogens is 1. The van der Waals surface area contributed by atoms with Gasteiger partial charge in [0.25, 0.3) is 5.91 Å². The van der Waals surface area contributed by atoms with Gasteiger partial charge in [-0.15, -0.1) is 0 Å². The van der Waals surface area contributed by atoms with Crippen LogP contribution in [0.3, 0.4) is 0 Å². The Balaban J connectivity index is 1.41. The highest BCUT2D eigenvalue weighted by Crippen LogP contribution is 2.30. The predicted molar refractivity (Wildman–Crippen MR) is 94.8 cm³/mol. The molecule has 1 saturated carbocycles. The van der Waals surface area contributed by atoms with Crippen LogP contribution in [0, 0.1) is 5.92 Å². The van der Waals surface area contributed by atoms with Gasteiger partial charge in [-0.2, -0.15) is 5.10 Å². The lowest BCUT2D eigenvalue weighted by molar-refractivity contribution is -0.0567. The van der Waals surface area contributed by atoms with Crippen molar-refractivity contribution in [1.29, 1.82) is 0 Å². The molecule has 2 heterocycles. The second-order valence-electron chi connectivity index (χ2n) is 6.94. The molecule has 7 heteroatoms. The number of benzene rings is 1. The van der Waals surface area contributed by atoms with Crippen LogP contribution in [0.1, 0.15) is 29.8 Å². The maximum Gasteiger partial charge on any atom is 0.269 e. The molecule has 1 aromatic carbocycles. The Kier molecular flexibility index (Phi) is 4.90. The number of phenols is 1. The Hall–Kier alpha value is -2.38. The first-order valence-electron chi connectivity index (χ1n) is 9.04. The molecule has 2 unspecified atom stereocenters. The monoisotopic (exact) mass is 357 g/mol. The second kappa shape index (κ2) is 7.47. The number of ether oxygens (including phenoxy) is 2. The number of carbonyl (C=O) groups is 1. The minimum absolute atomic E-state index is 0.0196. The number of nitrogens with zero attached hydrogens (tertiary/aromatic N) is 1. The zero-order chi connectivity index (χ0) is 17.9. The molecule has 1 aliphatic heterocycles. The zero-order valence-electron chi connectivity index (χ0n) is 14.5. The average molecular weight is 357 g/mol. The summed E-state index contributed by atoms with van der Waals surface area (Å²) < 4.78 is 11.5. The van der Waals surface area contributed by atoms with Crippen LogP contribution in [0.4, 0.5) is 0 Å². The standard InChI is InChI=1S/C19H23N3O4/c23-17-4-2-1-3-13(17)14-9-15(22-21-14)19(24)20-16-11-25-8-7-18(16)26-10-12-5-6-12/h1-4,9,12,16,18,23H,5-8,10-11H2,(H,20,24)(H,21,22). The fraction of sp³-hybridized carbons (Fsp3) is 0.474. The molecule has 138 valence electrons. The Morgan fingerprint density at radius 3 is 3.00 bits per heavy atom. The quantitative estimate of drug-likeness (QED) is 0.736. The maximum atomic E-state index is 12.6. The van der Waals surface area contributed by atoms with E-state index in [-0.39, 0.29) is 23.8 Å². The summed E-state index contributed by atoms with van der Waals surface area (Å²) in [7, 11) is 0. The number of aromatic hydroxyl groups is 1. The minimum atomic E-state index is -0.255. The minimum Gasteiger partial charge on any atom is -0.507 e. The summed E-state index contributed by atoms with van der Waals surface area (Å²) in [5.41, 5.74) is 1.44. The summed E-state index contributed by atoms with van der Waals surface area (Å²) in [4.78, 5) is 12.6. The average Bonchev–Trinajstić information content (AvgIpc) is 3.35. The molecule has 0 radical (unpaired) electrons. The Labute approximate surface area is 151 Å². The summed E-state index contributed by atoms with van der Waals surface area (Å²) >= 11 is 0. The van der Waals surface area contributed by atoms with Gasteiger partial charge in [0.05, 0.1) is 24.4 Å². The highest BCUT2D eigenvalue weighted by molar-refractivity contribution is 5.93. The van der Waals surface area contributed by atoms with Crippen molar-refractivity contribution < 1.29 is 19.4 Å². The number of aromatic amines is 1. The number of nitrogens with one attached hydrogen (secondary N) is 2. The number of aromatic nitrogens is 2. The van der Waals surface area contributed by atoms with Gasteiger partial charge in [0.15, 0.2) is 0 Å². The van der Waals surface area contributed by atoms with E-state index >= 15 is 0 Å². The van der Waals surface area contributed by atoms with Gasteiger partial charge >= 0.3 is 0 Å². The summed E-state index contributed by atoms with van der Waals surface area (Å²) in [6.45, 7) is 1.86. The Bertz CT molecular complexity index is 772. The molecule has 1 aliphatic carbocycles. The van der Waals surface area contributed by atoms with E-state index < -0.39 is 0 Å². The van der Waals surface area contributed by atoms with E-state index in [1.807, 2.05) is 6.07 Å². The van der Waals surface area contributed by atoms with Crippen molar-refractivity contribution >= 4 is 5.91 Å².